The number of rotatable bonds is 2. The lowest BCUT2D eigenvalue weighted by molar-refractivity contribution is 0.103. The summed E-state index contributed by atoms with van der Waals surface area (Å²) in [5.41, 5.74) is 0.380. The molecule has 0 amide bonds. The third-order valence-corrected chi connectivity index (χ3v) is 3.42. The van der Waals surface area contributed by atoms with Gasteiger partial charge in [0.05, 0.1) is 10.6 Å². The number of aromatic nitrogens is 1. The van der Waals surface area contributed by atoms with E-state index in [1.807, 2.05) is 6.07 Å². The number of ketones is 1. The van der Waals surface area contributed by atoms with Crippen molar-refractivity contribution in [2.75, 3.05) is 0 Å². The standard InChI is InChI=1S/C16H9ClFNO/c17-14-6-2-5-12(15(14)18)16(20)11-4-1-3-10-7-8-19-9-13(10)11/h1-9H. The van der Waals surface area contributed by atoms with Gasteiger partial charge < -0.3 is 0 Å². The van der Waals surface area contributed by atoms with Gasteiger partial charge in [0.2, 0.25) is 0 Å². The summed E-state index contributed by atoms with van der Waals surface area (Å²) < 4.78 is 14.0. The van der Waals surface area contributed by atoms with Gasteiger partial charge in [-0.1, -0.05) is 35.9 Å². The molecule has 20 heavy (non-hydrogen) atoms. The van der Waals surface area contributed by atoms with Crippen LogP contribution in [0.25, 0.3) is 10.8 Å². The Kier molecular flexibility index (Phi) is 3.20. The van der Waals surface area contributed by atoms with Gasteiger partial charge in [-0.05, 0) is 23.6 Å². The van der Waals surface area contributed by atoms with Gasteiger partial charge in [-0.2, -0.15) is 0 Å². The SMILES string of the molecule is O=C(c1cccc(Cl)c1F)c1cccc2ccncc12. The minimum atomic E-state index is -0.694. The summed E-state index contributed by atoms with van der Waals surface area (Å²) in [5.74, 6) is -1.09. The zero-order chi connectivity index (χ0) is 14.1. The molecule has 2 nitrogen and oxygen atoms in total. The predicted molar refractivity (Wildman–Crippen MR) is 76.6 cm³/mol. The molecular weight excluding hydrogens is 277 g/mol. The summed E-state index contributed by atoms with van der Waals surface area (Å²) in [4.78, 5) is 16.5. The highest BCUT2D eigenvalue weighted by atomic mass is 35.5. The van der Waals surface area contributed by atoms with Crippen LogP contribution in [-0.4, -0.2) is 10.8 Å². The second kappa shape index (κ2) is 5.02. The molecule has 0 atom stereocenters. The molecule has 0 saturated heterocycles. The van der Waals surface area contributed by atoms with Crippen molar-refractivity contribution in [3.8, 4) is 0 Å². The van der Waals surface area contributed by atoms with E-state index in [0.29, 0.717) is 10.9 Å². The van der Waals surface area contributed by atoms with Crippen LogP contribution in [-0.2, 0) is 0 Å². The van der Waals surface area contributed by atoms with Crippen molar-refractivity contribution >= 4 is 28.2 Å². The van der Waals surface area contributed by atoms with Crippen LogP contribution in [0.1, 0.15) is 15.9 Å². The van der Waals surface area contributed by atoms with E-state index in [-0.39, 0.29) is 10.6 Å². The molecule has 0 aliphatic heterocycles. The molecule has 3 rings (SSSR count). The molecule has 0 N–H and O–H groups in total. The molecule has 0 aliphatic rings. The van der Waals surface area contributed by atoms with Crippen LogP contribution in [0.15, 0.2) is 54.9 Å². The predicted octanol–water partition coefficient (Wildman–Crippen LogP) is 4.26. The van der Waals surface area contributed by atoms with Crippen molar-refractivity contribution in [2.45, 2.75) is 0 Å². The van der Waals surface area contributed by atoms with E-state index in [0.717, 1.165) is 5.39 Å². The molecule has 98 valence electrons. The maximum absolute atomic E-state index is 14.0. The maximum atomic E-state index is 14.0. The summed E-state index contributed by atoms with van der Waals surface area (Å²) in [6.07, 6.45) is 3.25. The van der Waals surface area contributed by atoms with Crippen molar-refractivity contribution < 1.29 is 9.18 Å². The average molecular weight is 286 g/mol. The lowest BCUT2D eigenvalue weighted by Gasteiger charge is -2.07. The third-order valence-electron chi connectivity index (χ3n) is 3.12. The molecule has 2 aromatic carbocycles. The van der Waals surface area contributed by atoms with Crippen LogP contribution in [0.5, 0.6) is 0 Å². The van der Waals surface area contributed by atoms with Crippen molar-refractivity contribution in [1.29, 1.82) is 0 Å². The Balaban J connectivity index is 2.21. The fourth-order valence-corrected chi connectivity index (χ4v) is 2.31. The normalized spacial score (nSPS) is 10.7. The van der Waals surface area contributed by atoms with E-state index in [1.54, 1.807) is 36.7 Å². The lowest BCUT2D eigenvalue weighted by atomic mass is 9.98. The summed E-state index contributed by atoms with van der Waals surface area (Å²) in [6, 6.07) is 11.5. The van der Waals surface area contributed by atoms with Gasteiger partial charge in [0.1, 0.15) is 0 Å². The van der Waals surface area contributed by atoms with E-state index < -0.39 is 11.6 Å². The second-order valence-corrected chi connectivity index (χ2v) is 4.74. The van der Waals surface area contributed by atoms with Gasteiger partial charge >= 0.3 is 0 Å². The molecule has 0 bridgehead atoms. The molecule has 0 aliphatic carbocycles. The highest BCUT2D eigenvalue weighted by molar-refractivity contribution is 6.31. The number of benzene rings is 2. The molecule has 0 unspecified atom stereocenters. The van der Waals surface area contributed by atoms with Crippen molar-refractivity contribution in [3.05, 3.63) is 76.8 Å². The third kappa shape index (κ3) is 2.06. The summed E-state index contributed by atoms with van der Waals surface area (Å²) in [5, 5.41) is 1.52. The number of hydrogen-bond acceptors (Lipinski definition) is 2. The van der Waals surface area contributed by atoms with Gasteiger partial charge in [-0.15, -0.1) is 0 Å². The lowest BCUT2D eigenvalue weighted by Crippen LogP contribution is -2.05. The number of hydrogen-bond donors (Lipinski definition) is 0. The average Bonchev–Trinajstić information content (AvgIpc) is 2.49. The van der Waals surface area contributed by atoms with Gasteiger partial charge in [0.25, 0.3) is 0 Å². The minimum Gasteiger partial charge on any atom is -0.288 e. The van der Waals surface area contributed by atoms with Crippen LogP contribution >= 0.6 is 11.6 Å². The number of carbonyl (C=O) groups is 1. The number of carbonyl (C=O) groups excluding carboxylic acids is 1. The van der Waals surface area contributed by atoms with Gasteiger partial charge in [-0.3, -0.25) is 9.78 Å². The number of fused-ring (bicyclic) bond motifs is 1. The molecule has 0 fully saturated rings. The Morgan fingerprint density at radius 1 is 1.05 bits per heavy atom. The zero-order valence-electron chi connectivity index (χ0n) is 10.3. The summed E-state index contributed by atoms with van der Waals surface area (Å²) >= 11 is 5.72. The van der Waals surface area contributed by atoms with Gasteiger partial charge in [0, 0.05) is 23.3 Å². The summed E-state index contributed by atoms with van der Waals surface area (Å²) in [7, 11) is 0. The van der Waals surface area contributed by atoms with Gasteiger partial charge in [0.15, 0.2) is 11.6 Å². The first-order valence-electron chi connectivity index (χ1n) is 6.00. The highest BCUT2D eigenvalue weighted by Crippen LogP contribution is 2.24. The molecule has 1 aromatic heterocycles. The van der Waals surface area contributed by atoms with Crippen LogP contribution in [0.4, 0.5) is 4.39 Å². The topological polar surface area (TPSA) is 30.0 Å². The monoisotopic (exact) mass is 285 g/mol. The summed E-state index contributed by atoms with van der Waals surface area (Å²) in [6.45, 7) is 0. The van der Waals surface area contributed by atoms with Gasteiger partial charge in [-0.25, -0.2) is 4.39 Å². The zero-order valence-corrected chi connectivity index (χ0v) is 11.1. The van der Waals surface area contributed by atoms with Crippen LogP contribution < -0.4 is 0 Å². The fraction of sp³-hybridized carbons (Fsp3) is 0. The van der Waals surface area contributed by atoms with Crippen molar-refractivity contribution in [2.24, 2.45) is 0 Å². The van der Waals surface area contributed by atoms with E-state index in [9.17, 15) is 9.18 Å². The Bertz CT molecular complexity index is 811. The smallest absolute Gasteiger partial charge is 0.196 e. The Morgan fingerprint density at radius 2 is 1.80 bits per heavy atom. The fourth-order valence-electron chi connectivity index (χ4n) is 2.14. The van der Waals surface area contributed by atoms with E-state index in [2.05, 4.69) is 4.98 Å². The minimum absolute atomic E-state index is 0.0335. The van der Waals surface area contributed by atoms with Crippen molar-refractivity contribution in [1.82, 2.24) is 4.98 Å². The highest BCUT2D eigenvalue weighted by Gasteiger charge is 2.17. The molecule has 0 spiro atoms. The number of halogens is 2. The second-order valence-electron chi connectivity index (χ2n) is 4.33. The quantitative estimate of drug-likeness (QED) is 0.659. The molecule has 0 saturated carbocycles. The van der Waals surface area contributed by atoms with E-state index in [4.69, 9.17) is 11.6 Å². The van der Waals surface area contributed by atoms with E-state index in [1.165, 1.54) is 12.1 Å². The maximum Gasteiger partial charge on any atom is 0.196 e. The Morgan fingerprint density at radius 3 is 2.65 bits per heavy atom. The Labute approximate surface area is 119 Å². The number of pyridine rings is 1. The van der Waals surface area contributed by atoms with E-state index >= 15 is 0 Å². The molecule has 0 radical (unpaired) electrons. The molecule has 1 heterocycles. The van der Waals surface area contributed by atoms with Crippen LogP contribution in [0, 0.1) is 5.82 Å². The van der Waals surface area contributed by atoms with Crippen molar-refractivity contribution in [3.63, 3.8) is 0 Å². The molecule has 3 aromatic rings. The first-order chi connectivity index (χ1) is 9.68. The van der Waals surface area contributed by atoms with Crippen LogP contribution in [0.3, 0.4) is 0 Å². The molecular formula is C16H9ClFNO. The largest absolute Gasteiger partial charge is 0.288 e. The molecule has 4 heteroatoms. The Hall–Kier alpha value is -2.26. The van der Waals surface area contributed by atoms with Crippen LogP contribution in [0.2, 0.25) is 5.02 Å². The first-order valence-corrected chi connectivity index (χ1v) is 6.38. The number of nitrogens with zero attached hydrogens (tertiary/aromatic N) is 1. The first kappa shape index (κ1) is 12.8.